The van der Waals surface area contributed by atoms with E-state index in [0.717, 1.165) is 0 Å². The van der Waals surface area contributed by atoms with E-state index >= 15 is 0 Å². The van der Waals surface area contributed by atoms with Crippen molar-refractivity contribution >= 4 is 26.1 Å². The first-order valence-corrected chi connectivity index (χ1v) is 26.2. The average molecular weight is 1000 g/mol. The zero-order valence-corrected chi connectivity index (χ0v) is 43.8. The molecule has 3 aromatic rings. The van der Waals surface area contributed by atoms with Crippen LogP contribution in [-0.4, -0.2) is 105 Å². The van der Waals surface area contributed by atoms with Gasteiger partial charge < -0.3 is 47.4 Å². The molecule has 0 aliphatic carbocycles. The number of hydrogen-bond donors (Lipinski definition) is 0. The fourth-order valence-electron chi connectivity index (χ4n) is 11.2. The molecule has 72 heavy (non-hydrogen) atoms. The fourth-order valence-corrected chi connectivity index (χ4v) is 13.1. The number of benzene rings is 3. The van der Waals surface area contributed by atoms with Crippen molar-refractivity contribution in [3.63, 3.8) is 0 Å². The van der Waals surface area contributed by atoms with Crippen LogP contribution in [0.1, 0.15) is 159 Å². The molecule has 0 saturated carbocycles. The van der Waals surface area contributed by atoms with E-state index in [0.29, 0.717) is 109 Å². The molecular formula is C55H65N6O10P. The van der Waals surface area contributed by atoms with Crippen LogP contribution in [0, 0.1) is 34.0 Å². The highest BCUT2D eigenvalue weighted by Gasteiger charge is 2.57. The molecule has 0 radical (unpaired) electrons. The lowest BCUT2D eigenvalue weighted by Crippen LogP contribution is -2.58. The highest BCUT2D eigenvalue weighted by molar-refractivity contribution is 7.48. The van der Waals surface area contributed by atoms with E-state index in [1.807, 2.05) is 83.9 Å². The maximum Gasteiger partial charge on any atom is 0.223 e. The van der Waals surface area contributed by atoms with Gasteiger partial charge in [-0.25, -0.2) is 0 Å². The zero-order chi connectivity index (χ0) is 51.7. The van der Waals surface area contributed by atoms with E-state index in [1.54, 1.807) is 54.6 Å². The summed E-state index contributed by atoms with van der Waals surface area (Å²) in [5, 5.41) is 28.8. The molecule has 3 fully saturated rings. The third-order valence-electron chi connectivity index (χ3n) is 14.8. The van der Waals surface area contributed by atoms with Gasteiger partial charge in [0.05, 0.1) is 65.2 Å². The summed E-state index contributed by atoms with van der Waals surface area (Å²) >= 11 is 0. The molecule has 6 atom stereocenters. The molecule has 0 spiro atoms. The molecule has 16 nitrogen and oxygen atoms in total. The van der Waals surface area contributed by atoms with E-state index in [1.165, 1.54) is 0 Å². The van der Waals surface area contributed by atoms with Crippen molar-refractivity contribution in [3.8, 4) is 35.5 Å². The van der Waals surface area contributed by atoms with Gasteiger partial charge in [0.2, 0.25) is 26.1 Å². The molecule has 0 unspecified atom stereocenters. The maximum atomic E-state index is 13.9. The lowest BCUT2D eigenvalue weighted by molar-refractivity contribution is -0.202. The summed E-state index contributed by atoms with van der Waals surface area (Å²) in [6.45, 7) is 20.6. The molecule has 3 saturated heterocycles. The Hall–Kier alpha value is -5.79. The van der Waals surface area contributed by atoms with Crippen LogP contribution in [0.2, 0.25) is 0 Å². The Bertz CT molecular complexity index is 2670. The van der Waals surface area contributed by atoms with Crippen molar-refractivity contribution in [3.05, 3.63) is 88.0 Å². The molecule has 9 rings (SSSR count). The molecular weight excluding hydrogens is 936 g/mol. The Morgan fingerprint density at radius 2 is 0.903 bits per heavy atom. The third-order valence-corrected chi connectivity index (χ3v) is 16.7. The van der Waals surface area contributed by atoms with E-state index in [4.69, 9.17) is 32.7 Å². The predicted octanol–water partition coefficient (Wildman–Crippen LogP) is 9.20. The van der Waals surface area contributed by atoms with Gasteiger partial charge in [0, 0.05) is 55.6 Å². The van der Waals surface area contributed by atoms with Gasteiger partial charge in [-0.05, 0) is 143 Å². The monoisotopic (exact) mass is 1000 g/mol. The molecule has 6 aliphatic heterocycles. The number of fused-ring (bicyclic) bond motifs is 3. The van der Waals surface area contributed by atoms with Crippen LogP contribution in [0.15, 0.2) is 54.6 Å². The number of carbonyl (C=O) groups excluding carboxylic acids is 3. The van der Waals surface area contributed by atoms with Crippen molar-refractivity contribution in [1.29, 1.82) is 15.8 Å². The molecule has 0 N–H and O–H groups in total. The minimum atomic E-state index is -2.28. The lowest BCUT2D eigenvalue weighted by Gasteiger charge is -2.52. The Morgan fingerprint density at radius 3 is 1.22 bits per heavy atom. The van der Waals surface area contributed by atoms with Gasteiger partial charge >= 0.3 is 0 Å². The van der Waals surface area contributed by atoms with Gasteiger partial charge in [0.15, 0.2) is 0 Å². The predicted molar refractivity (Wildman–Crippen MR) is 264 cm³/mol. The van der Waals surface area contributed by atoms with Crippen LogP contribution in [0.25, 0.3) is 0 Å². The summed E-state index contributed by atoms with van der Waals surface area (Å²) in [6.07, 6.45) is 0.651. The van der Waals surface area contributed by atoms with Gasteiger partial charge in [-0.2, -0.15) is 15.8 Å². The normalized spacial score (nSPS) is 26.2. The maximum absolute atomic E-state index is 13.9. The quantitative estimate of drug-likeness (QED) is 0.147. The van der Waals surface area contributed by atoms with Gasteiger partial charge in [0.1, 0.15) is 57.7 Å². The fraction of sp³-hybridized carbons (Fsp3) is 0.564. The first-order valence-electron chi connectivity index (χ1n) is 25.0. The SMILES string of the molecule is CC(C)(COC(C)(C)P(O[C@H]1[C@H](N2CCCC2=O)c2cc(C#N)ccc2OC1(C)C)O[C@H]1[C@H](N2CCCC2=O)c2cc(C#N)ccc2OC1(C)C)O[C@H]1[C@H](N2CCCC2=O)c2cc(C#N)ccc2OC1(C)C. The van der Waals surface area contributed by atoms with E-state index in [2.05, 4.69) is 18.2 Å². The van der Waals surface area contributed by atoms with Gasteiger partial charge in [0.25, 0.3) is 0 Å². The van der Waals surface area contributed by atoms with Crippen LogP contribution < -0.4 is 14.2 Å². The number of likely N-dealkylation sites (tertiary alicyclic amines) is 3. The second-order valence-electron chi connectivity index (χ2n) is 22.5. The van der Waals surface area contributed by atoms with Crippen LogP contribution in [-0.2, 0) is 32.9 Å². The number of rotatable bonds is 13. The summed E-state index contributed by atoms with van der Waals surface area (Å²) in [5.41, 5.74) is -0.904. The second-order valence-corrected chi connectivity index (χ2v) is 24.5. The van der Waals surface area contributed by atoms with Crippen molar-refractivity contribution in [2.75, 3.05) is 26.2 Å². The van der Waals surface area contributed by atoms with Crippen LogP contribution in [0.4, 0.5) is 0 Å². The Kier molecular flexibility index (Phi) is 13.4. The molecule has 3 aromatic carbocycles. The number of carbonyl (C=O) groups is 3. The van der Waals surface area contributed by atoms with Crippen molar-refractivity contribution < 1.29 is 47.1 Å². The molecule has 3 amide bonds. The van der Waals surface area contributed by atoms with Gasteiger partial charge in [-0.15, -0.1) is 0 Å². The highest BCUT2D eigenvalue weighted by Crippen LogP contribution is 2.62. The van der Waals surface area contributed by atoms with Crippen molar-refractivity contribution in [2.45, 2.75) is 172 Å². The molecule has 380 valence electrons. The van der Waals surface area contributed by atoms with Gasteiger partial charge in [-0.1, -0.05) is 0 Å². The standard InChI is InChI=1S/C55H65N6O10P/c1-51(2,69-48-45(59-23-11-14-42(59)62)36-26-33(29-56)17-20-39(36)66-52(48,3)4)32-65-55(9,10)72(70-49-46(60-24-12-15-43(60)63)37-27-34(30-57)18-21-40(37)67-53(49,5)6)71-50-47(61-25-13-16-44(61)64)38-28-35(31-58)19-22-41(38)68-54(50,7)8/h17-22,26-28,45-50H,11-16,23-25,32H2,1-10H3/t45-,46-,47-,48+,49+,50+/m1/s1. The largest absolute Gasteiger partial charge is 0.485 e. The summed E-state index contributed by atoms with van der Waals surface area (Å²) in [7, 11) is -2.28. The van der Waals surface area contributed by atoms with Crippen LogP contribution in [0.3, 0.4) is 0 Å². The Labute approximate surface area is 423 Å². The molecule has 0 aromatic heterocycles. The summed E-state index contributed by atoms with van der Waals surface area (Å²) in [6, 6.07) is 20.5. The smallest absolute Gasteiger partial charge is 0.223 e. The minimum absolute atomic E-state index is 0.000200. The third kappa shape index (κ3) is 9.51. The van der Waals surface area contributed by atoms with E-state index < -0.39 is 72.6 Å². The van der Waals surface area contributed by atoms with Crippen molar-refractivity contribution in [2.24, 2.45) is 0 Å². The number of hydrogen-bond acceptors (Lipinski definition) is 13. The van der Waals surface area contributed by atoms with E-state index in [-0.39, 0.29) is 24.3 Å². The van der Waals surface area contributed by atoms with Crippen LogP contribution in [0.5, 0.6) is 17.2 Å². The Morgan fingerprint density at radius 1 is 0.569 bits per heavy atom. The highest BCUT2D eigenvalue weighted by atomic mass is 31.2. The molecule has 17 heteroatoms. The number of nitriles is 3. The minimum Gasteiger partial charge on any atom is -0.485 e. The van der Waals surface area contributed by atoms with Gasteiger partial charge in [-0.3, -0.25) is 14.4 Å². The number of ether oxygens (including phenoxy) is 5. The Balaban J connectivity index is 1.11. The molecule has 6 aliphatic rings. The zero-order valence-electron chi connectivity index (χ0n) is 42.9. The summed E-state index contributed by atoms with van der Waals surface area (Å²) < 4.78 is 49.5. The summed E-state index contributed by atoms with van der Waals surface area (Å²) in [5.74, 6) is 1.57. The number of amides is 3. The molecule has 6 heterocycles. The topological polar surface area (TPSA) is 197 Å². The number of nitrogens with zero attached hydrogens (tertiary/aromatic N) is 6. The average Bonchev–Trinajstić information content (AvgIpc) is 4.08. The first-order chi connectivity index (χ1) is 34.0. The lowest BCUT2D eigenvalue weighted by atomic mass is 9.84. The van der Waals surface area contributed by atoms with E-state index in [9.17, 15) is 30.2 Å². The second kappa shape index (κ2) is 18.9. The first kappa shape index (κ1) is 51.1. The van der Waals surface area contributed by atoms with Crippen LogP contribution >= 0.6 is 8.38 Å². The summed E-state index contributed by atoms with van der Waals surface area (Å²) in [4.78, 5) is 46.9. The molecule has 0 bridgehead atoms. The van der Waals surface area contributed by atoms with Crippen molar-refractivity contribution in [1.82, 2.24) is 14.7 Å².